The first kappa shape index (κ1) is 13.7. The summed E-state index contributed by atoms with van der Waals surface area (Å²) in [6.07, 6.45) is 2.03. The van der Waals surface area contributed by atoms with Crippen molar-refractivity contribution in [2.24, 2.45) is 0 Å². The third kappa shape index (κ3) is 4.20. The lowest BCUT2D eigenvalue weighted by Gasteiger charge is -2.21. The molecule has 1 unspecified atom stereocenters. The lowest BCUT2D eigenvalue weighted by molar-refractivity contribution is 0.0550. The number of methoxy groups -OCH3 is 1. The van der Waals surface area contributed by atoms with E-state index in [4.69, 9.17) is 4.42 Å². The Kier molecular flexibility index (Phi) is 4.72. The molecular weight excluding hydrogens is 222 g/mol. The first-order chi connectivity index (χ1) is 7.98. The largest absolute Gasteiger partial charge is 0.467 e. The molecule has 1 atom stereocenters. The Labute approximate surface area is 101 Å². The van der Waals surface area contributed by atoms with Crippen LogP contribution in [-0.2, 0) is 11.3 Å². The normalized spacial score (nSPS) is 14.4. The van der Waals surface area contributed by atoms with E-state index in [1.54, 1.807) is 13.0 Å². The van der Waals surface area contributed by atoms with Crippen LogP contribution in [0.1, 0.15) is 36.4 Å². The number of nitrogens with one attached hydrogen (secondary N) is 1. The minimum atomic E-state index is -0.724. The Morgan fingerprint density at radius 2 is 2.35 bits per heavy atom. The fraction of sp³-hybridized carbons (Fsp3) is 0.583. The lowest BCUT2D eigenvalue weighted by atomic mass is 10.0. The second kappa shape index (κ2) is 5.84. The summed E-state index contributed by atoms with van der Waals surface area (Å²) in [6.45, 7) is 4.62. The summed E-state index contributed by atoms with van der Waals surface area (Å²) in [5.74, 6) is 0.220. The van der Waals surface area contributed by atoms with Crippen LogP contribution in [0, 0.1) is 0 Å². The highest BCUT2D eigenvalue weighted by Gasteiger charge is 2.17. The van der Waals surface area contributed by atoms with Crippen molar-refractivity contribution in [1.29, 1.82) is 0 Å². The summed E-state index contributed by atoms with van der Waals surface area (Å²) in [6, 6.07) is 1.62. The van der Waals surface area contributed by atoms with E-state index in [0.717, 1.165) is 0 Å². The maximum atomic E-state index is 11.2. The van der Waals surface area contributed by atoms with Gasteiger partial charge < -0.3 is 19.6 Å². The van der Waals surface area contributed by atoms with Gasteiger partial charge in [0.1, 0.15) is 12.0 Å². The molecule has 17 heavy (non-hydrogen) atoms. The first-order valence-electron chi connectivity index (χ1n) is 5.57. The molecule has 5 nitrogen and oxygen atoms in total. The second-order valence-electron chi connectivity index (χ2n) is 4.25. The fourth-order valence-electron chi connectivity index (χ4n) is 1.28. The molecule has 0 aliphatic carbocycles. The standard InChI is InChI=1S/C12H19NO4/c1-4-12(2,15)8-13-6-10-5-9(7-17-10)11(14)16-3/h5,7,13,15H,4,6,8H2,1-3H3. The average molecular weight is 241 g/mol. The monoisotopic (exact) mass is 241 g/mol. The highest BCUT2D eigenvalue weighted by atomic mass is 16.5. The van der Waals surface area contributed by atoms with Crippen LogP contribution in [0.2, 0.25) is 0 Å². The average Bonchev–Trinajstić information content (AvgIpc) is 2.76. The van der Waals surface area contributed by atoms with Crippen LogP contribution in [0.4, 0.5) is 0 Å². The second-order valence-corrected chi connectivity index (χ2v) is 4.25. The van der Waals surface area contributed by atoms with Crippen molar-refractivity contribution < 1.29 is 19.1 Å². The summed E-state index contributed by atoms with van der Waals surface area (Å²) >= 11 is 0. The van der Waals surface area contributed by atoms with Crippen LogP contribution in [0.25, 0.3) is 0 Å². The minimum absolute atomic E-state index is 0.395. The quantitative estimate of drug-likeness (QED) is 0.735. The molecule has 1 aromatic rings. The Hall–Kier alpha value is -1.33. The van der Waals surface area contributed by atoms with Gasteiger partial charge in [0.05, 0.1) is 24.8 Å². The van der Waals surface area contributed by atoms with Gasteiger partial charge in [0.25, 0.3) is 0 Å². The summed E-state index contributed by atoms with van der Waals surface area (Å²) in [7, 11) is 1.33. The molecule has 96 valence electrons. The zero-order valence-corrected chi connectivity index (χ0v) is 10.4. The van der Waals surface area contributed by atoms with Gasteiger partial charge in [-0.25, -0.2) is 4.79 Å². The van der Waals surface area contributed by atoms with Gasteiger partial charge in [-0.15, -0.1) is 0 Å². The predicted octanol–water partition coefficient (Wildman–Crippen LogP) is 1.32. The topological polar surface area (TPSA) is 71.7 Å². The van der Waals surface area contributed by atoms with E-state index in [2.05, 4.69) is 10.1 Å². The molecule has 0 amide bonds. The van der Waals surface area contributed by atoms with E-state index < -0.39 is 11.6 Å². The third-order valence-corrected chi connectivity index (χ3v) is 2.64. The highest BCUT2D eigenvalue weighted by molar-refractivity contribution is 5.88. The van der Waals surface area contributed by atoms with Crippen molar-refractivity contribution >= 4 is 5.97 Å². The van der Waals surface area contributed by atoms with Crippen molar-refractivity contribution in [2.45, 2.75) is 32.4 Å². The Balaban J connectivity index is 2.43. The van der Waals surface area contributed by atoms with Crippen molar-refractivity contribution in [3.63, 3.8) is 0 Å². The van der Waals surface area contributed by atoms with Crippen molar-refractivity contribution in [3.8, 4) is 0 Å². The van der Waals surface area contributed by atoms with Crippen LogP contribution >= 0.6 is 0 Å². The van der Waals surface area contributed by atoms with E-state index in [-0.39, 0.29) is 0 Å². The molecule has 0 fully saturated rings. The molecule has 1 rings (SSSR count). The smallest absolute Gasteiger partial charge is 0.341 e. The molecule has 2 N–H and O–H groups in total. The summed E-state index contributed by atoms with van der Waals surface area (Å²) in [5, 5.41) is 12.8. The van der Waals surface area contributed by atoms with Crippen LogP contribution in [-0.4, -0.2) is 30.3 Å². The van der Waals surface area contributed by atoms with Gasteiger partial charge in [-0.2, -0.15) is 0 Å². The number of carbonyl (C=O) groups excluding carboxylic acids is 1. The van der Waals surface area contributed by atoms with Gasteiger partial charge in [-0.3, -0.25) is 0 Å². The van der Waals surface area contributed by atoms with Crippen LogP contribution in [0.3, 0.4) is 0 Å². The van der Waals surface area contributed by atoms with Crippen molar-refractivity contribution in [1.82, 2.24) is 5.32 Å². The Morgan fingerprint density at radius 3 is 2.94 bits per heavy atom. The summed E-state index contributed by atoms with van der Waals surface area (Å²) in [4.78, 5) is 11.2. The number of furan rings is 1. The Bertz CT molecular complexity index is 370. The number of hydrogen-bond acceptors (Lipinski definition) is 5. The molecule has 0 bridgehead atoms. The van der Waals surface area contributed by atoms with Crippen LogP contribution in [0.15, 0.2) is 16.7 Å². The lowest BCUT2D eigenvalue weighted by Crippen LogP contribution is -2.36. The number of ether oxygens (including phenoxy) is 1. The molecule has 0 saturated heterocycles. The van der Waals surface area contributed by atoms with Gasteiger partial charge >= 0.3 is 5.97 Å². The molecule has 5 heteroatoms. The SMILES string of the molecule is CCC(C)(O)CNCc1cc(C(=O)OC)co1. The maximum absolute atomic E-state index is 11.2. The molecular formula is C12H19NO4. The van der Waals surface area contributed by atoms with Gasteiger partial charge in [-0.1, -0.05) is 6.92 Å². The van der Waals surface area contributed by atoms with Crippen molar-refractivity contribution in [3.05, 3.63) is 23.7 Å². The zero-order chi connectivity index (χ0) is 12.9. The number of carbonyl (C=O) groups is 1. The molecule has 0 radical (unpaired) electrons. The van der Waals surface area contributed by atoms with E-state index >= 15 is 0 Å². The zero-order valence-electron chi connectivity index (χ0n) is 10.4. The van der Waals surface area contributed by atoms with Crippen molar-refractivity contribution in [2.75, 3.05) is 13.7 Å². The van der Waals surface area contributed by atoms with Gasteiger partial charge in [0.2, 0.25) is 0 Å². The van der Waals surface area contributed by atoms with Gasteiger partial charge in [-0.05, 0) is 19.4 Å². The van der Waals surface area contributed by atoms with E-state index in [9.17, 15) is 9.90 Å². The summed E-state index contributed by atoms with van der Waals surface area (Å²) in [5.41, 5.74) is -0.329. The Morgan fingerprint density at radius 1 is 1.65 bits per heavy atom. The molecule has 0 aliphatic rings. The maximum Gasteiger partial charge on any atom is 0.341 e. The molecule has 0 spiro atoms. The van der Waals surface area contributed by atoms with E-state index in [0.29, 0.717) is 30.8 Å². The van der Waals surface area contributed by atoms with E-state index in [1.165, 1.54) is 13.4 Å². The molecule has 1 aromatic heterocycles. The molecule has 0 aliphatic heterocycles. The number of aliphatic hydroxyl groups is 1. The highest BCUT2D eigenvalue weighted by Crippen LogP contribution is 2.10. The molecule has 1 heterocycles. The summed E-state index contributed by atoms with van der Waals surface area (Å²) < 4.78 is 9.76. The third-order valence-electron chi connectivity index (χ3n) is 2.64. The van der Waals surface area contributed by atoms with Gasteiger partial charge in [0.15, 0.2) is 0 Å². The number of rotatable bonds is 6. The molecule has 0 saturated carbocycles. The first-order valence-corrected chi connectivity index (χ1v) is 5.57. The van der Waals surface area contributed by atoms with Crippen LogP contribution < -0.4 is 5.32 Å². The van der Waals surface area contributed by atoms with E-state index in [1.807, 2.05) is 6.92 Å². The van der Waals surface area contributed by atoms with Gasteiger partial charge in [0, 0.05) is 6.54 Å². The van der Waals surface area contributed by atoms with Crippen LogP contribution in [0.5, 0.6) is 0 Å². The predicted molar refractivity (Wildman–Crippen MR) is 62.7 cm³/mol. The number of hydrogen-bond donors (Lipinski definition) is 2. The minimum Gasteiger partial charge on any atom is -0.467 e. The number of esters is 1. The fourth-order valence-corrected chi connectivity index (χ4v) is 1.28. The molecule has 0 aromatic carbocycles.